The maximum absolute atomic E-state index is 11.8. The van der Waals surface area contributed by atoms with Gasteiger partial charge in [-0.2, -0.15) is 0 Å². The van der Waals surface area contributed by atoms with E-state index in [9.17, 15) is 15.0 Å². The third-order valence-corrected chi connectivity index (χ3v) is 4.14. The third-order valence-electron chi connectivity index (χ3n) is 4.14. The highest BCUT2D eigenvalue weighted by atomic mass is 35.5. The van der Waals surface area contributed by atoms with Crippen molar-refractivity contribution in [1.29, 1.82) is 0 Å². The molecule has 0 aromatic carbocycles. The second kappa shape index (κ2) is 8.75. The smallest absolute Gasteiger partial charge is 0.222 e. The predicted molar refractivity (Wildman–Crippen MR) is 91.6 cm³/mol. The fourth-order valence-corrected chi connectivity index (χ4v) is 2.86. The molecule has 1 aromatic rings. The van der Waals surface area contributed by atoms with Crippen molar-refractivity contribution in [2.24, 2.45) is 11.8 Å². The second-order valence-corrected chi connectivity index (χ2v) is 6.92. The van der Waals surface area contributed by atoms with Gasteiger partial charge in [0.2, 0.25) is 5.91 Å². The molecule has 0 aliphatic heterocycles. The van der Waals surface area contributed by atoms with Gasteiger partial charge < -0.3 is 20.4 Å². The molecule has 1 fully saturated rings. The fraction of sp³-hybridized carbons (Fsp3) is 0.800. The van der Waals surface area contributed by atoms with Crippen molar-refractivity contribution in [3.05, 3.63) is 11.9 Å². The van der Waals surface area contributed by atoms with Crippen LogP contribution in [0.3, 0.4) is 0 Å². The van der Waals surface area contributed by atoms with E-state index in [1.165, 1.54) is 0 Å². The van der Waals surface area contributed by atoms with Crippen LogP contribution in [-0.2, 0) is 17.9 Å². The first-order valence-electron chi connectivity index (χ1n) is 7.98. The highest BCUT2D eigenvalue weighted by Gasteiger charge is 2.42. The van der Waals surface area contributed by atoms with Gasteiger partial charge in [-0.3, -0.25) is 9.48 Å². The Morgan fingerprint density at radius 2 is 2.08 bits per heavy atom. The molecule has 24 heavy (non-hydrogen) atoms. The van der Waals surface area contributed by atoms with Crippen LogP contribution in [0.1, 0.15) is 26.0 Å². The van der Waals surface area contributed by atoms with Crippen molar-refractivity contribution in [2.45, 2.75) is 51.6 Å². The summed E-state index contributed by atoms with van der Waals surface area (Å²) in [5, 5.41) is 31.3. The maximum atomic E-state index is 11.8. The van der Waals surface area contributed by atoms with E-state index in [4.69, 9.17) is 0 Å². The van der Waals surface area contributed by atoms with Gasteiger partial charge in [-0.05, 0) is 20.5 Å². The van der Waals surface area contributed by atoms with Crippen molar-refractivity contribution in [3.8, 4) is 0 Å². The van der Waals surface area contributed by atoms with E-state index in [2.05, 4.69) is 15.6 Å². The Hall–Kier alpha value is -1.22. The van der Waals surface area contributed by atoms with Crippen LogP contribution in [0.15, 0.2) is 6.20 Å². The fourth-order valence-electron chi connectivity index (χ4n) is 2.86. The van der Waals surface area contributed by atoms with Crippen LogP contribution < -0.4 is 5.32 Å². The van der Waals surface area contributed by atoms with Crippen LogP contribution in [0.5, 0.6) is 0 Å². The number of nitrogens with one attached hydrogen (secondary N) is 1. The Morgan fingerprint density at radius 3 is 2.67 bits per heavy atom. The molecule has 1 saturated carbocycles. The van der Waals surface area contributed by atoms with Gasteiger partial charge in [0.1, 0.15) is 6.10 Å². The molecule has 1 aliphatic carbocycles. The molecule has 2 rings (SSSR count). The molecule has 0 bridgehead atoms. The summed E-state index contributed by atoms with van der Waals surface area (Å²) < 4.78 is 1.69. The van der Waals surface area contributed by atoms with Gasteiger partial charge in [0, 0.05) is 31.1 Å². The zero-order chi connectivity index (χ0) is 17.1. The number of carbonyl (C=O) groups excluding carboxylic acids is 1. The molecule has 0 spiro atoms. The number of aromatic nitrogens is 3. The zero-order valence-electron chi connectivity index (χ0n) is 14.6. The van der Waals surface area contributed by atoms with Crippen molar-refractivity contribution in [3.63, 3.8) is 0 Å². The average molecular weight is 362 g/mol. The standard InChI is InChI=1S/C15H27N5O3.ClH/c1-9(2)15(23)16-12-5-10(13(21)14(12)22)6-20-8-11(17-18-20)7-19(3)4;/h8-10,12-14,21-22H,5-7H2,1-4H3,(H,16,23);1H/t10-,12-,13-,14+;/m1./s1. The van der Waals surface area contributed by atoms with E-state index in [1.54, 1.807) is 18.5 Å². The number of hydrogen-bond acceptors (Lipinski definition) is 6. The number of amides is 1. The normalized spacial score (nSPS) is 26.7. The lowest BCUT2D eigenvalue weighted by atomic mass is 10.1. The van der Waals surface area contributed by atoms with E-state index < -0.39 is 18.2 Å². The summed E-state index contributed by atoms with van der Waals surface area (Å²) >= 11 is 0. The molecular weight excluding hydrogens is 334 g/mol. The predicted octanol–water partition coefficient (Wildman–Crippen LogP) is -0.356. The minimum atomic E-state index is -0.951. The summed E-state index contributed by atoms with van der Waals surface area (Å²) in [4.78, 5) is 13.8. The minimum absolute atomic E-state index is 0. The van der Waals surface area contributed by atoms with Gasteiger partial charge in [0.15, 0.2) is 0 Å². The SMILES string of the molecule is CC(C)C(=O)N[C@@H]1C[C@H](Cn2cc(CN(C)C)nn2)[C@@H](O)[C@H]1O.Cl. The van der Waals surface area contributed by atoms with Gasteiger partial charge in [-0.1, -0.05) is 19.1 Å². The Labute approximate surface area is 148 Å². The van der Waals surface area contributed by atoms with Gasteiger partial charge in [-0.25, -0.2) is 0 Å². The third kappa shape index (κ3) is 5.14. The van der Waals surface area contributed by atoms with Gasteiger partial charge >= 0.3 is 0 Å². The summed E-state index contributed by atoms with van der Waals surface area (Å²) in [6.45, 7) is 4.76. The van der Waals surface area contributed by atoms with Crippen molar-refractivity contribution in [2.75, 3.05) is 14.1 Å². The lowest BCUT2D eigenvalue weighted by molar-refractivity contribution is -0.125. The quantitative estimate of drug-likeness (QED) is 0.639. The molecular formula is C15H28ClN5O3. The van der Waals surface area contributed by atoms with E-state index in [0.717, 1.165) is 5.69 Å². The Morgan fingerprint density at radius 1 is 1.42 bits per heavy atom. The molecule has 1 aliphatic rings. The number of carbonyl (C=O) groups is 1. The van der Waals surface area contributed by atoms with Crippen LogP contribution in [0, 0.1) is 11.8 Å². The summed E-state index contributed by atoms with van der Waals surface area (Å²) in [5.41, 5.74) is 0.854. The molecule has 0 saturated heterocycles. The van der Waals surface area contributed by atoms with Gasteiger partial charge in [0.25, 0.3) is 0 Å². The topological polar surface area (TPSA) is 104 Å². The number of aliphatic hydroxyl groups excluding tert-OH is 2. The monoisotopic (exact) mass is 361 g/mol. The highest BCUT2D eigenvalue weighted by molar-refractivity contribution is 5.85. The van der Waals surface area contributed by atoms with Crippen molar-refractivity contribution < 1.29 is 15.0 Å². The molecule has 8 nitrogen and oxygen atoms in total. The zero-order valence-corrected chi connectivity index (χ0v) is 15.4. The molecule has 0 unspecified atom stereocenters. The Bertz CT molecular complexity index is 537. The van der Waals surface area contributed by atoms with Crippen LogP contribution >= 0.6 is 12.4 Å². The number of aliphatic hydroxyl groups is 2. The van der Waals surface area contributed by atoms with Gasteiger partial charge in [0.05, 0.1) is 17.8 Å². The summed E-state index contributed by atoms with van der Waals surface area (Å²) in [5.74, 6) is -0.436. The largest absolute Gasteiger partial charge is 0.390 e. The van der Waals surface area contributed by atoms with Crippen LogP contribution in [-0.4, -0.2) is 68.4 Å². The lowest BCUT2D eigenvalue weighted by Crippen LogP contribution is -2.44. The number of nitrogens with zero attached hydrogens (tertiary/aromatic N) is 4. The first kappa shape index (κ1) is 20.8. The Kier molecular flexibility index (Phi) is 7.59. The van der Waals surface area contributed by atoms with Gasteiger partial charge in [-0.15, -0.1) is 17.5 Å². The molecule has 1 heterocycles. The first-order valence-corrected chi connectivity index (χ1v) is 7.98. The molecule has 138 valence electrons. The molecule has 0 radical (unpaired) electrons. The van der Waals surface area contributed by atoms with Crippen LogP contribution in [0.4, 0.5) is 0 Å². The number of hydrogen-bond donors (Lipinski definition) is 3. The molecule has 4 atom stereocenters. The summed E-state index contributed by atoms with van der Waals surface area (Å²) in [6, 6.07) is -0.422. The minimum Gasteiger partial charge on any atom is -0.390 e. The van der Waals surface area contributed by atoms with E-state index in [-0.39, 0.29) is 30.2 Å². The number of rotatable bonds is 6. The first-order chi connectivity index (χ1) is 10.8. The van der Waals surface area contributed by atoms with Crippen molar-refractivity contribution >= 4 is 18.3 Å². The lowest BCUT2D eigenvalue weighted by Gasteiger charge is -2.19. The average Bonchev–Trinajstić information content (AvgIpc) is 2.99. The van der Waals surface area contributed by atoms with E-state index in [0.29, 0.717) is 19.5 Å². The van der Waals surface area contributed by atoms with Crippen molar-refractivity contribution in [1.82, 2.24) is 25.2 Å². The molecule has 1 amide bonds. The summed E-state index contributed by atoms with van der Waals surface area (Å²) in [6.07, 6.45) is 0.532. The van der Waals surface area contributed by atoms with Crippen LogP contribution in [0.2, 0.25) is 0 Å². The Balaban J connectivity index is 0.00000288. The number of halogens is 1. The van der Waals surface area contributed by atoms with E-state index >= 15 is 0 Å². The summed E-state index contributed by atoms with van der Waals surface area (Å²) in [7, 11) is 3.91. The highest BCUT2D eigenvalue weighted by Crippen LogP contribution is 2.28. The maximum Gasteiger partial charge on any atom is 0.222 e. The van der Waals surface area contributed by atoms with Crippen LogP contribution in [0.25, 0.3) is 0 Å². The molecule has 1 aromatic heterocycles. The second-order valence-electron chi connectivity index (χ2n) is 6.92. The van der Waals surface area contributed by atoms with E-state index in [1.807, 2.05) is 25.2 Å². The molecule has 3 N–H and O–H groups in total. The molecule has 9 heteroatoms.